The molecule has 30 heavy (non-hydrogen) atoms. The van der Waals surface area contributed by atoms with Crippen molar-refractivity contribution >= 4 is 17.9 Å². The van der Waals surface area contributed by atoms with E-state index in [0.717, 1.165) is 17.7 Å². The minimum atomic E-state index is -0.918. The summed E-state index contributed by atoms with van der Waals surface area (Å²) in [6.07, 6.45) is 2.82. The fourth-order valence-corrected chi connectivity index (χ4v) is 4.27. The lowest BCUT2D eigenvalue weighted by molar-refractivity contribution is -0.149. The number of methoxy groups -OCH3 is 1. The largest absolute Gasteiger partial charge is 0.494 e. The van der Waals surface area contributed by atoms with Crippen molar-refractivity contribution < 1.29 is 28.2 Å². The van der Waals surface area contributed by atoms with Gasteiger partial charge in [-0.15, -0.1) is 0 Å². The molecule has 1 aromatic rings. The number of imide groups is 1. The summed E-state index contributed by atoms with van der Waals surface area (Å²) in [6, 6.07) is 3.66. The maximum Gasteiger partial charge on any atom is 0.326 e. The van der Waals surface area contributed by atoms with Gasteiger partial charge in [0.1, 0.15) is 18.7 Å². The molecule has 3 amide bonds. The second kappa shape index (κ2) is 8.24. The summed E-state index contributed by atoms with van der Waals surface area (Å²) in [5.74, 6) is -1.08. The average Bonchev–Trinajstić information content (AvgIpc) is 2.90. The first-order chi connectivity index (χ1) is 14.1. The van der Waals surface area contributed by atoms with Crippen molar-refractivity contribution in [3.05, 3.63) is 29.6 Å². The maximum atomic E-state index is 13.7. The van der Waals surface area contributed by atoms with E-state index in [1.165, 1.54) is 19.2 Å². The van der Waals surface area contributed by atoms with E-state index in [-0.39, 0.29) is 23.7 Å². The van der Waals surface area contributed by atoms with E-state index in [1.807, 2.05) is 0 Å². The van der Waals surface area contributed by atoms with Gasteiger partial charge in [0.05, 0.1) is 7.11 Å². The lowest BCUT2D eigenvalue weighted by Crippen LogP contribution is -2.50. The molecule has 3 rings (SSSR count). The lowest BCUT2D eigenvalue weighted by atomic mass is 9.67. The van der Waals surface area contributed by atoms with Crippen LogP contribution >= 0.6 is 0 Å². The summed E-state index contributed by atoms with van der Waals surface area (Å²) in [5.41, 5.74) is -0.327. The van der Waals surface area contributed by atoms with E-state index in [2.05, 4.69) is 26.1 Å². The number of nitrogens with zero attached hydrogens (tertiary/aromatic N) is 1. The third-order valence-corrected chi connectivity index (χ3v) is 6.21. The number of urea groups is 1. The third-order valence-electron chi connectivity index (χ3n) is 6.21. The minimum Gasteiger partial charge on any atom is -0.494 e. The zero-order valence-corrected chi connectivity index (χ0v) is 17.9. The molecule has 0 atom stereocenters. The fourth-order valence-electron chi connectivity index (χ4n) is 4.27. The van der Waals surface area contributed by atoms with Gasteiger partial charge in [-0.05, 0) is 54.7 Å². The van der Waals surface area contributed by atoms with Crippen LogP contribution in [-0.2, 0) is 20.9 Å². The monoisotopic (exact) mass is 420 g/mol. The number of halogens is 1. The summed E-state index contributed by atoms with van der Waals surface area (Å²) in [7, 11) is 1.36. The van der Waals surface area contributed by atoms with Crippen molar-refractivity contribution in [2.24, 2.45) is 11.3 Å². The van der Waals surface area contributed by atoms with E-state index in [9.17, 15) is 18.8 Å². The molecule has 2 fully saturated rings. The number of rotatable bonds is 5. The second-order valence-electron chi connectivity index (χ2n) is 9.17. The second-order valence-corrected chi connectivity index (χ2v) is 9.17. The summed E-state index contributed by atoms with van der Waals surface area (Å²) in [6.45, 7) is 5.92. The van der Waals surface area contributed by atoms with Crippen LogP contribution in [0.25, 0.3) is 0 Å². The SMILES string of the molecule is COc1ccc(COC(=O)CN2C(=O)NC3(CCC(C(C)(C)C)CC3)C2=O)cc1F. The normalized spacial score (nSPS) is 24.2. The van der Waals surface area contributed by atoms with Crippen LogP contribution in [0.4, 0.5) is 9.18 Å². The molecule has 0 radical (unpaired) electrons. The zero-order valence-electron chi connectivity index (χ0n) is 17.9. The first-order valence-corrected chi connectivity index (χ1v) is 10.2. The van der Waals surface area contributed by atoms with Crippen molar-refractivity contribution in [2.45, 2.75) is 58.6 Å². The number of carbonyl (C=O) groups is 3. The molecule has 0 bridgehead atoms. The molecular weight excluding hydrogens is 391 g/mol. The smallest absolute Gasteiger partial charge is 0.326 e. The predicted octanol–water partition coefficient (Wildman–Crippen LogP) is 3.40. The Bertz CT molecular complexity index is 840. The van der Waals surface area contributed by atoms with Crippen molar-refractivity contribution in [1.82, 2.24) is 10.2 Å². The van der Waals surface area contributed by atoms with E-state index in [0.29, 0.717) is 24.3 Å². The Labute approximate surface area is 175 Å². The highest BCUT2D eigenvalue weighted by Gasteiger charge is 2.53. The first-order valence-electron chi connectivity index (χ1n) is 10.2. The van der Waals surface area contributed by atoms with Crippen LogP contribution < -0.4 is 10.1 Å². The molecule has 1 aliphatic heterocycles. The summed E-state index contributed by atoms with van der Waals surface area (Å²) < 4.78 is 23.7. The number of nitrogens with one attached hydrogen (secondary N) is 1. The number of carbonyl (C=O) groups excluding carboxylic acids is 3. The highest BCUT2D eigenvalue weighted by atomic mass is 19.1. The van der Waals surface area contributed by atoms with Crippen LogP contribution in [0, 0.1) is 17.2 Å². The van der Waals surface area contributed by atoms with Gasteiger partial charge in [-0.2, -0.15) is 0 Å². The molecule has 1 aliphatic carbocycles. The summed E-state index contributed by atoms with van der Waals surface area (Å²) in [4.78, 5) is 38.5. The van der Waals surface area contributed by atoms with Gasteiger partial charge in [-0.1, -0.05) is 26.8 Å². The molecule has 1 saturated heterocycles. The van der Waals surface area contributed by atoms with E-state index < -0.39 is 29.9 Å². The molecule has 1 spiro atoms. The standard InChI is InChI=1S/C22H29FN2O5/c1-21(2,3)15-7-9-22(10-8-15)19(27)25(20(28)24-22)12-18(26)30-13-14-5-6-17(29-4)16(23)11-14/h5-6,11,15H,7-10,12-13H2,1-4H3,(H,24,28). The highest BCUT2D eigenvalue weighted by Crippen LogP contribution is 2.43. The van der Waals surface area contributed by atoms with Crippen molar-refractivity contribution in [3.63, 3.8) is 0 Å². The van der Waals surface area contributed by atoms with Gasteiger partial charge in [-0.25, -0.2) is 9.18 Å². The van der Waals surface area contributed by atoms with Crippen molar-refractivity contribution in [1.29, 1.82) is 0 Å². The molecule has 1 aromatic carbocycles. The van der Waals surface area contributed by atoms with Gasteiger partial charge < -0.3 is 14.8 Å². The van der Waals surface area contributed by atoms with Gasteiger partial charge >= 0.3 is 12.0 Å². The van der Waals surface area contributed by atoms with Gasteiger partial charge in [0.25, 0.3) is 5.91 Å². The molecule has 2 aliphatic rings. The molecule has 0 aromatic heterocycles. The molecule has 0 unspecified atom stereocenters. The Morgan fingerprint density at radius 3 is 2.50 bits per heavy atom. The van der Waals surface area contributed by atoms with Crippen LogP contribution in [0.5, 0.6) is 5.75 Å². The fraction of sp³-hybridized carbons (Fsp3) is 0.591. The Morgan fingerprint density at radius 1 is 1.27 bits per heavy atom. The Kier molecular flexibility index (Phi) is 6.06. The van der Waals surface area contributed by atoms with E-state index >= 15 is 0 Å². The minimum absolute atomic E-state index is 0.0934. The van der Waals surface area contributed by atoms with E-state index in [1.54, 1.807) is 6.07 Å². The lowest BCUT2D eigenvalue weighted by Gasteiger charge is -2.40. The van der Waals surface area contributed by atoms with Gasteiger partial charge in [-0.3, -0.25) is 14.5 Å². The maximum absolute atomic E-state index is 13.7. The molecule has 7 nitrogen and oxygen atoms in total. The average molecular weight is 420 g/mol. The third kappa shape index (κ3) is 4.42. The quantitative estimate of drug-likeness (QED) is 0.583. The van der Waals surface area contributed by atoms with E-state index in [4.69, 9.17) is 9.47 Å². The molecule has 164 valence electrons. The van der Waals surface area contributed by atoms with Crippen molar-refractivity contribution in [2.75, 3.05) is 13.7 Å². The molecular formula is C22H29FN2O5. The highest BCUT2D eigenvalue weighted by molar-refractivity contribution is 6.08. The van der Waals surface area contributed by atoms with Crippen LogP contribution in [0.15, 0.2) is 18.2 Å². The topological polar surface area (TPSA) is 84.9 Å². The Hall–Kier alpha value is -2.64. The number of esters is 1. The predicted molar refractivity (Wildman–Crippen MR) is 107 cm³/mol. The van der Waals surface area contributed by atoms with Gasteiger partial charge in [0, 0.05) is 0 Å². The summed E-state index contributed by atoms with van der Waals surface area (Å²) in [5, 5.41) is 2.81. The molecule has 1 saturated carbocycles. The summed E-state index contributed by atoms with van der Waals surface area (Å²) >= 11 is 0. The van der Waals surface area contributed by atoms with Crippen LogP contribution in [0.3, 0.4) is 0 Å². The van der Waals surface area contributed by atoms with Gasteiger partial charge in [0.2, 0.25) is 0 Å². The Morgan fingerprint density at radius 2 is 1.93 bits per heavy atom. The van der Waals surface area contributed by atoms with Crippen molar-refractivity contribution in [3.8, 4) is 5.75 Å². The van der Waals surface area contributed by atoms with Gasteiger partial charge in [0.15, 0.2) is 11.6 Å². The number of benzene rings is 1. The van der Waals surface area contributed by atoms with Crippen LogP contribution in [-0.4, -0.2) is 42.0 Å². The zero-order chi connectivity index (χ0) is 22.1. The first kappa shape index (κ1) is 22.1. The molecule has 1 N–H and O–H groups in total. The molecule has 8 heteroatoms. The number of hydrogen-bond acceptors (Lipinski definition) is 5. The Balaban J connectivity index is 1.56. The number of amides is 3. The van der Waals surface area contributed by atoms with Crippen LogP contribution in [0.2, 0.25) is 0 Å². The van der Waals surface area contributed by atoms with Crippen LogP contribution in [0.1, 0.15) is 52.0 Å². The molecule has 1 heterocycles. The number of hydrogen-bond donors (Lipinski definition) is 1. The number of ether oxygens (including phenoxy) is 2.